The maximum absolute atomic E-state index is 12.1. The topological polar surface area (TPSA) is 55.2 Å². The lowest BCUT2D eigenvalue weighted by Crippen LogP contribution is -2.52. The molecule has 0 aromatic rings. The summed E-state index contributed by atoms with van der Waals surface area (Å²) in [6.45, 7) is 0.401. The number of alkyl halides is 2. The Morgan fingerprint density at radius 2 is 2.09 bits per heavy atom. The zero-order chi connectivity index (χ0) is 8.43. The molecule has 3 nitrogen and oxygen atoms in total. The molecule has 0 unspecified atom stereocenters. The summed E-state index contributed by atoms with van der Waals surface area (Å²) in [7, 11) is 0. The van der Waals surface area contributed by atoms with E-state index in [0.717, 1.165) is 0 Å². The number of piperidine rings is 1. The number of nitrogens with one attached hydrogen (secondary N) is 1. The minimum Gasteiger partial charge on any atom is -0.440 e. The van der Waals surface area contributed by atoms with E-state index in [9.17, 15) is 8.78 Å². The molecule has 11 heavy (non-hydrogen) atoms. The van der Waals surface area contributed by atoms with Crippen molar-refractivity contribution in [1.29, 1.82) is 0 Å². The van der Waals surface area contributed by atoms with Crippen molar-refractivity contribution in [1.82, 2.24) is 5.32 Å². The Morgan fingerprint density at radius 1 is 1.45 bits per heavy atom. The monoisotopic (exact) mass is 168 g/mol. The van der Waals surface area contributed by atoms with Gasteiger partial charge in [-0.25, -0.2) is 8.78 Å². The Balaban J connectivity index is 2.51. The highest BCUT2D eigenvalue weighted by atomic mass is 19.3. The third-order valence-corrected chi connectivity index (χ3v) is 1.92. The van der Waals surface area contributed by atoms with Gasteiger partial charge in [-0.05, 0) is 0 Å². The standard InChI is InChI=1S/C6H11F2NO2/c7-6(8)3-1-9-2-4(10)5(3)11/h3-6,9-11H,1-2H2/p+1/t3-,4+,5+/m0/s1. The molecule has 0 aliphatic carbocycles. The molecular weight excluding hydrogens is 156 g/mol. The molecule has 0 saturated carbocycles. The first-order valence-electron chi connectivity index (χ1n) is 3.51. The fourth-order valence-corrected chi connectivity index (χ4v) is 1.18. The van der Waals surface area contributed by atoms with Gasteiger partial charge >= 0.3 is 0 Å². The van der Waals surface area contributed by atoms with E-state index in [1.54, 1.807) is 0 Å². The Labute approximate surface area is 63.0 Å². The minimum absolute atomic E-state index is 0.105. The molecule has 0 spiro atoms. The van der Waals surface area contributed by atoms with Crippen LogP contribution in [0.5, 0.6) is 0 Å². The van der Waals surface area contributed by atoms with E-state index in [1.165, 1.54) is 0 Å². The predicted octanol–water partition coefficient (Wildman–Crippen LogP) is -1.08. The van der Waals surface area contributed by atoms with Gasteiger partial charge in [0, 0.05) is 6.54 Å². The Morgan fingerprint density at radius 3 is 2.55 bits per heavy atom. The van der Waals surface area contributed by atoms with Crippen LogP contribution < -0.4 is 5.32 Å². The van der Waals surface area contributed by atoms with E-state index in [-0.39, 0.29) is 6.54 Å². The van der Waals surface area contributed by atoms with Gasteiger partial charge in [0.15, 0.2) is 6.10 Å². The molecule has 66 valence electrons. The van der Waals surface area contributed by atoms with E-state index in [1.807, 2.05) is 0 Å². The Hall–Kier alpha value is -0.260. The van der Waals surface area contributed by atoms with Crippen LogP contribution >= 0.6 is 0 Å². The van der Waals surface area contributed by atoms with Crippen molar-refractivity contribution < 1.29 is 19.0 Å². The van der Waals surface area contributed by atoms with E-state index < -0.39 is 24.6 Å². The second-order valence-corrected chi connectivity index (χ2v) is 2.75. The van der Waals surface area contributed by atoms with E-state index >= 15 is 0 Å². The quantitative estimate of drug-likeness (QED) is 0.489. The average molecular weight is 168 g/mol. The van der Waals surface area contributed by atoms with Gasteiger partial charge in [0.1, 0.15) is 6.10 Å². The molecule has 1 aliphatic heterocycles. The fraction of sp³-hybridized carbons (Fsp3) is 1.00. The molecule has 0 bridgehead atoms. The molecule has 3 atom stereocenters. The van der Waals surface area contributed by atoms with E-state index in [0.29, 0.717) is 6.54 Å². The van der Waals surface area contributed by atoms with Gasteiger partial charge in [0.05, 0.1) is 12.5 Å². The maximum atomic E-state index is 12.1. The van der Waals surface area contributed by atoms with Crippen LogP contribution in [0.15, 0.2) is 0 Å². The zero-order valence-corrected chi connectivity index (χ0v) is 5.93. The van der Waals surface area contributed by atoms with Crippen molar-refractivity contribution >= 4 is 0 Å². The van der Waals surface area contributed by atoms with Gasteiger partial charge in [0.25, 0.3) is 0 Å². The highest BCUT2D eigenvalue weighted by Crippen LogP contribution is 2.18. The highest BCUT2D eigenvalue weighted by molar-refractivity contribution is 4.85. The van der Waals surface area contributed by atoms with Crippen LogP contribution in [0.25, 0.3) is 0 Å². The molecule has 0 radical (unpaired) electrons. The first-order chi connectivity index (χ1) is 5.13. The summed E-state index contributed by atoms with van der Waals surface area (Å²) in [5.41, 5.74) is 0. The molecule has 5 heteroatoms. The van der Waals surface area contributed by atoms with Crippen LogP contribution in [0, 0.1) is 5.92 Å². The van der Waals surface area contributed by atoms with Crippen molar-refractivity contribution in [2.24, 2.45) is 5.92 Å². The highest BCUT2D eigenvalue weighted by Gasteiger charge is 2.38. The number of hydrogen-bond acceptors (Lipinski definition) is 2. The van der Waals surface area contributed by atoms with Crippen LogP contribution in [0.3, 0.4) is 0 Å². The summed E-state index contributed by atoms with van der Waals surface area (Å²) < 4.78 is 24.1. The molecule has 1 heterocycles. The third-order valence-electron chi connectivity index (χ3n) is 1.92. The molecular formula is C6H12F2NO2+. The molecule has 1 aliphatic rings. The van der Waals surface area contributed by atoms with Crippen LogP contribution in [0.1, 0.15) is 0 Å². The Kier molecular flexibility index (Phi) is 2.75. The number of aliphatic hydroxyl groups excluding tert-OH is 1. The molecule has 0 aromatic heterocycles. The van der Waals surface area contributed by atoms with Gasteiger partial charge in [-0.1, -0.05) is 0 Å². The number of rotatable bonds is 1. The fourth-order valence-electron chi connectivity index (χ4n) is 1.18. The number of hydrogen-bond donors (Lipinski definition) is 2. The molecule has 1 rings (SSSR count). The molecule has 4 N–H and O–H groups in total. The first kappa shape index (κ1) is 8.83. The maximum Gasteiger partial charge on any atom is 0.245 e. The van der Waals surface area contributed by atoms with E-state index in [2.05, 4.69) is 5.32 Å². The first-order valence-corrected chi connectivity index (χ1v) is 3.51. The lowest BCUT2D eigenvalue weighted by Gasteiger charge is -2.29. The minimum atomic E-state index is -2.54. The lowest BCUT2D eigenvalue weighted by atomic mass is 9.94. The van der Waals surface area contributed by atoms with Gasteiger partial charge in [-0.3, -0.25) is 0 Å². The van der Waals surface area contributed by atoms with Crippen LogP contribution in [-0.2, 0) is 0 Å². The van der Waals surface area contributed by atoms with Crippen molar-refractivity contribution in [2.45, 2.75) is 18.6 Å². The summed E-state index contributed by atoms with van der Waals surface area (Å²) in [6, 6.07) is 0. The van der Waals surface area contributed by atoms with E-state index in [4.69, 9.17) is 10.2 Å². The number of halogens is 2. The largest absolute Gasteiger partial charge is 0.440 e. The summed E-state index contributed by atoms with van der Waals surface area (Å²) in [5.74, 6) is -1.08. The number of aliphatic hydroxyl groups is 1. The second-order valence-electron chi connectivity index (χ2n) is 2.75. The molecule has 0 amide bonds. The summed E-state index contributed by atoms with van der Waals surface area (Å²) in [6.07, 6.45) is -4.54. The summed E-state index contributed by atoms with van der Waals surface area (Å²) in [4.78, 5) is 0. The second kappa shape index (κ2) is 3.42. The van der Waals surface area contributed by atoms with Crippen molar-refractivity contribution in [3.05, 3.63) is 0 Å². The molecule has 1 saturated heterocycles. The normalized spacial score (nSPS) is 39.5. The molecule has 1 fully saturated rings. The zero-order valence-electron chi connectivity index (χ0n) is 5.93. The van der Waals surface area contributed by atoms with Gasteiger partial charge in [-0.15, -0.1) is 0 Å². The van der Waals surface area contributed by atoms with Crippen molar-refractivity contribution in [3.63, 3.8) is 0 Å². The predicted molar refractivity (Wildman–Crippen MR) is 35.8 cm³/mol. The summed E-state index contributed by atoms with van der Waals surface area (Å²) >= 11 is 0. The van der Waals surface area contributed by atoms with Gasteiger partial charge in [-0.2, -0.15) is 0 Å². The van der Waals surface area contributed by atoms with Crippen molar-refractivity contribution in [3.8, 4) is 0 Å². The SMILES string of the molecule is O[C@H]1[C@H]([OH2+])CNC[C@@H]1C(F)F. The lowest BCUT2D eigenvalue weighted by molar-refractivity contribution is -0.0841. The van der Waals surface area contributed by atoms with Crippen LogP contribution in [0.2, 0.25) is 0 Å². The van der Waals surface area contributed by atoms with Crippen molar-refractivity contribution in [2.75, 3.05) is 13.1 Å². The average Bonchev–Trinajstić information content (AvgIpc) is 1.94. The third kappa shape index (κ3) is 1.85. The molecule has 0 aromatic carbocycles. The van der Waals surface area contributed by atoms with Gasteiger partial charge < -0.3 is 15.5 Å². The Bertz CT molecular complexity index is 134. The summed E-state index contributed by atoms with van der Waals surface area (Å²) in [5, 5.41) is 18.9. The van der Waals surface area contributed by atoms with Gasteiger partial charge in [0.2, 0.25) is 6.43 Å². The van der Waals surface area contributed by atoms with Crippen LogP contribution in [0.4, 0.5) is 8.78 Å². The smallest absolute Gasteiger partial charge is 0.245 e. The van der Waals surface area contributed by atoms with Crippen LogP contribution in [-0.4, -0.2) is 41.9 Å².